The normalized spacial score (nSPS) is 15.5. The molecule has 0 amide bonds. The summed E-state index contributed by atoms with van der Waals surface area (Å²) >= 11 is 0. The molecule has 0 spiro atoms. The third-order valence-corrected chi connectivity index (χ3v) is 4.16. The van der Waals surface area contributed by atoms with Crippen LogP contribution in [0, 0.1) is 12.8 Å². The summed E-state index contributed by atoms with van der Waals surface area (Å²) in [6, 6.07) is 4.20. The van der Waals surface area contributed by atoms with Gasteiger partial charge in [0.05, 0.1) is 6.54 Å². The number of hydrogen-bond acceptors (Lipinski definition) is 4. The van der Waals surface area contributed by atoms with Gasteiger partial charge in [-0.05, 0) is 43.9 Å². The van der Waals surface area contributed by atoms with Crippen molar-refractivity contribution in [3.05, 3.63) is 41.5 Å². The molecule has 0 atom stereocenters. The van der Waals surface area contributed by atoms with Crippen LogP contribution in [0.2, 0.25) is 0 Å². The van der Waals surface area contributed by atoms with Gasteiger partial charge < -0.3 is 10.3 Å². The van der Waals surface area contributed by atoms with Crippen molar-refractivity contribution in [3.63, 3.8) is 0 Å². The number of hydrazine groups is 1. The molecule has 1 aromatic rings. The Labute approximate surface area is 133 Å². The largest absolute Gasteiger partial charge is 0.360 e. The highest BCUT2D eigenvalue weighted by molar-refractivity contribution is 5.11. The highest BCUT2D eigenvalue weighted by atomic mass is 15.2. The molecule has 1 aliphatic rings. The molecule has 1 aliphatic carbocycles. The Hall–Kier alpha value is -1.43. The van der Waals surface area contributed by atoms with E-state index in [0.717, 1.165) is 30.4 Å². The minimum atomic E-state index is 0.567. The van der Waals surface area contributed by atoms with Crippen molar-refractivity contribution in [2.24, 2.45) is 11.8 Å². The number of aromatic nitrogens is 2. The molecule has 2 rings (SSSR count). The lowest BCUT2D eigenvalue weighted by Crippen LogP contribution is -2.24. The van der Waals surface area contributed by atoms with Gasteiger partial charge in [-0.3, -0.25) is 16.3 Å². The molecule has 22 heavy (non-hydrogen) atoms. The average Bonchev–Trinajstić information content (AvgIpc) is 2.60. The zero-order valence-electron chi connectivity index (χ0n) is 13.6. The number of nitrogens with zero attached hydrogens (tertiary/aromatic N) is 1. The summed E-state index contributed by atoms with van der Waals surface area (Å²) in [5, 5.41) is 3.58. The van der Waals surface area contributed by atoms with E-state index < -0.39 is 0 Å². The maximum atomic E-state index is 5.37. The van der Waals surface area contributed by atoms with Crippen LogP contribution in [0.1, 0.15) is 49.1 Å². The van der Waals surface area contributed by atoms with Crippen LogP contribution in [0.25, 0.3) is 0 Å². The predicted octanol–water partition coefficient (Wildman–Crippen LogP) is 2.48. The van der Waals surface area contributed by atoms with Gasteiger partial charge in [0.15, 0.2) is 0 Å². The zero-order chi connectivity index (χ0) is 15.6. The van der Waals surface area contributed by atoms with Crippen molar-refractivity contribution in [2.45, 2.75) is 52.1 Å². The van der Waals surface area contributed by atoms with Crippen molar-refractivity contribution in [1.29, 1.82) is 0 Å². The molecular weight excluding hydrogens is 274 g/mol. The molecule has 5 N–H and O–H groups in total. The quantitative estimate of drug-likeness (QED) is 0.481. The second-order valence-electron chi connectivity index (χ2n) is 6.16. The van der Waals surface area contributed by atoms with E-state index in [4.69, 9.17) is 5.84 Å². The number of H-pyrrole nitrogens is 1. The first-order valence-electron chi connectivity index (χ1n) is 8.29. The molecular formula is C17H29N5. The second-order valence-corrected chi connectivity index (χ2v) is 6.16. The number of nitrogens with one attached hydrogen (secondary N) is 3. The maximum absolute atomic E-state index is 5.37. The van der Waals surface area contributed by atoms with E-state index in [2.05, 4.69) is 32.8 Å². The molecule has 1 aromatic heterocycles. The first kappa shape index (κ1) is 16.9. The molecule has 0 bridgehead atoms. The van der Waals surface area contributed by atoms with Crippen molar-refractivity contribution in [1.82, 2.24) is 20.7 Å². The summed E-state index contributed by atoms with van der Waals surface area (Å²) in [5.41, 5.74) is 5.87. The van der Waals surface area contributed by atoms with Gasteiger partial charge in [0.2, 0.25) is 0 Å². The molecule has 1 saturated carbocycles. The van der Waals surface area contributed by atoms with Crippen LogP contribution in [0.3, 0.4) is 0 Å². The van der Waals surface area contributed by atoms with Crippen molar-refractivity contribution in [2.75, 3.05) is 6.54 Å². The van der Waals surface area contributed by atoms with Gasteiger partial charge in [-0.15, -0.1) is 0 Å². The van der Waals surface area contributed by atoms with Gasteiger partial charge in [-0.2, -0.15) is 0 Å². The lowest BCUT2D eigenvalue weighted by molar-refractivity contribution is 0.342. The van der Waals surface area contributed by atoms with Gasteiger partial charge in [0, 0.05) is 30.3 Å². The molecule has 5 nitrogen and oxygen atoms in total. The Morgan fingerprint density at radius 3 is 2.77 bits per heavy atom. The van der Waals surface area contributed by atoms with E-state index in [9.17, 15) is 0 Å². The van der Waals surface area contributed by atoms with E-state index in [1.807, 2.05) is 19.3 Å². The lowest BCUT2D eigenvalue weighted by Gasteiger charge is -2.21. The number of aromatic amines is 1. The number of rotatable bonds is 6. The Kier molecular flexibility index (Phi) is 7.36. The van der Waals surface area contributed by atoms with Crippen LogP contribution in [0.15, 0.2) is 24.5 Å². The third kappa shape index (κ3) is 6.13. The second kappa shape index (κ2) is 9.56. The molecule has 0 aromatic carbocycles. The van der Waals surface area contributed by atoms with Gasteiger partial charge in [0.1, 0.15) is 0 Å². The van der Waals surface area contributed by atoms with Crippen LogP contribution < -0.4 is 16.6 Å². The van der Waals surface area contributed by atoms with E-state index >= 15 is 0 Å². The molecule has 1 fully saturated rings. The number of nitrogens with two attached hydrogens (primary N) is 1. The van der Waals surface area contributed by atoms with Gasteiger partial charge in [-0.1, -0.05) is 25.3 Å². The predicted molar refractivity (Wildman–Crippen MR) is 90.3 cm³/mol. The number of hydrogen-bond donors (Lipinski definition) is 4. The van der Waals surface area contributed by atoms with E-state index in [0.29, 0.717) is 6.54 Å². The minimum absolute atomic E-state index is 0.567. The van der Waals surface area contributed by atoms with Crippen molar-refractivity contribution >= 4 is 0 Å². The van der Waals surface area contributed by atoms with Crippen molar-refractivity contribution < 1.29 is 0 Å². The van der Waals surface area contributed by atoms with Gasteiger partial charge in [0.25, 0.3) is 0 Å². The molecule has 0 unspecified atom stereocenters. The van der Waals surface area contributed by atoms with Gasteiger partial charge in [-0.25, -0.2) is 0 Å². The van der Waals surface area contributed by atoms with Crippen LogP contribution in [0.4, 0.5) is 0 Å². The molecule has 0 aliphatic heterocycles. The summed E-state index contributed by atoms with van der Waals surface area (Å²) in [7, 11) is 0. The maximum Gasteiger partial charge on any atom is 0.0515 e. The minimum Gasteiger partial charge on any atom is -0.360 e. The number of aryl methyl sites for hydroxylation is 1. The summed E-state index contributed by atoms with van der Waals surface area (Å²) in [6.07, 6.45) is 10.7. The molecule has 0 radical (unpaired) electrons. The Bertz CT molecular complexity index is 490. The fraction of sp³-hybridized carbons (Fsp3) is 0.588. The Morgan fingerprint density at radius 1 is 1.18 bits per heavy atom. The van der Waals surface area contributed by atoms with Crippen LogP contribution >= 0.6 is 0 Å². The van der Waals surface area contributed by atoms with Crippen LogP contribution in [0.5, 0.6) is 0 Å². The SMILES string of the molecule is Cc1ccc(CNCC2CCCCC2)cncc(CNN)[nH]1. The molecule has 0 saturated heterocycles. The molecule has 5 heteroatoms. The highest BCUT2D eigenvalue weighted by Crippen LogP contribution is 2.22. The van der Waals surface area contributed by atoms with E-state index in [-0.39, 0.29) is 0 Å². The fourth-order valence-electron chi connectivity index (χ4n) is 2.94. The Morgan fingerprint density at radius 2 is 2.00 bits per heavy atom. The van der Waals surface area contributed by atoms with Crippen LogP contribution in [-0.2, 0) is 13.1 Å². The standard InChI is InChI=1S/C17H29N5/c1-14-7-8-16(11-20-12-17(22-14)13-21-18)10-19-9-15-5-3-2-4-6-15/h7-8,11-12,15,19,21-22H,2-6,9-10,13,18H2,1H3. The molecule has 1 heterocycles. The van der Waals surface area contributed by atoms with Crippen molar-refractivity contribution in [3.8, 4) is 0 Å². The molecule has 122 valence electrons. The zero-order valence-corrected chi connectivity index (χ0v) is 13.6. The highest BCUT2D eigenvalue weighted by Gasteiger charge is 2.12. The summed E-state index contributed by atoms with van der Waals surface area (Å²) in [5.74, 6) is 6.22. The van der Waals surface area contributed by atoms with E-state index in [1.165, 1.54) is 37.7 Å². The fourth-order valence-corrected chi connectivity index (χ4v) is 2.94. The summed E-state index contributed by atoms with van der Waals surface area (Å²) < 4.78 is 0. The summed E-state index contributed by atoms with van der Waals surface area (Å²) in [4.78, 5) is 7.67. The first-order chi connectivity index (χ1) is 10.8. The lowest BCUT2D eigenvalue weighted by atomic mass is 9.89. The van der Waals surface area contributed by atoms with E-state index in [1.54, 1.807) is 0 Å². The van der Waals surface area contributed by atoms with Crippen LogP contribution in [-0.4, -0.2) is 16.5 Å². The monoisotopic (exact) mass is 303 g/mol. The average molecular weight is 303 g/mol. The third-order valence-electron chi connectivity index (χ3n) is 4.16. The topological polar surface area (TPSA) is 78.8 Å². The summed E-state index contributed by atoms with van der Waals surface area (Å²) in [6.45, 7) is 4.59. The smallest absolute Gasteiger partial charge is 0.0515 e. The first-order valence-corrected chi connectivity index (χ1v) is 8.29. The van der Waals surface area contributed by atoms with Gasteiger partial charge >= 0.3 is 0 Å². The Balaban J connectivity index is 1.95.